The van der Waals surface area contributed by atoms with Gasteiger partial charge in [-0.1, -0.05) is 55.9 Å². The van der Waals surface area contributed by atoms with Crippen molar-refractivity contribution >= 4 is 23.4 Å². The lowest BCUT2D eigenvalue weighted by Gasteiger charge is -2.18. The summed E-state index contributed by atoms with van der Waals surface area (Å²) >= 11 is 1.32. The molecule has 0 saturated carbocycles. The molecule has 0 bridgehead atoms. The van der Waals surface area contributed by atoms with Gasteiger partial charge in [0.25, 0.3) is 0 Å². The molecule has 1 N–H and O–H groups in total. The second-order valence-corrected chi connectivity index (χ2v) is 8.76. The molecule has 0 aliphatic rings. The third kappa shape index (κ3) is 5.08. The third-order valence-corrected chi connectivity index (χ3v) is 5.92. The molecule has 0 aliphatic heterocycles. The topological polar surface area (TPSA) is 73.0 Å². The molecule has 4 aromatic rings. The second-order valence-electron chi connectivity index (χ2n) is 7.69. The smallest absolute Gasteiger partial charge is 0.242 e. The van der Waals surface area contributed by atoms with Gasteiger partial charge in [0, 0.05) is 12.2 Å². The fourth-order valence-corrected chi connectivity index (χ4v) is 4.29. The van der Waals surface area contributed by atoms with Crippen LogP contribution in [0.5, 0.6) is 0 Å². The molecule has 4 rings (SSSR count). The number of aromatic nitrogens is 3. The van der Waals surface area contributed by atoms with Crippen LogP contribution in [-0.2, 0) is 11.3 Å². The summed E-state index contributed by atoms with van der Waals surface area (Å²) in [7, 11) is 0. The van der Waals surface area contributed by atoms with E-state index >= 15 is 0 Å². The lowest BCUT2D eigenvalue weighted by Crippen LogP contribution is -2.20. The Morgan fingerprint density at radius 2 is 1.81 bits per heavy atom. The first-order chi connectivity index (χ1) is 15.5. The van der Waals surface area contributed by atoms with Crippen molar-refractivity contribution in [2.24, 2.45) is 5.92 Å². The highest BCUT2D eigenvalue weighted by Gasteiger charge is 2.27. The maximum absolute atomic E-state index is 13.3. The zero-order chi connectivity index (χ0) is 22.5. The van der Waals surface area contributed by atoms with E-state index in [0.717, 1.165) is 5.56 Å². The maximum Gasteiger partial charge on any atom is 0.242 e. The van der Waals surface area contributed by atoms with Crippen molar-refractivity contribution in [3.05, 3.63) is 84.4 Å². The average molecular weight is 451 g/mol. The van der Waals surface area contributed by atoms with Gasteiger partial charge < -0.3 is 9.73 Å². The van der Waals surface area contributed by atoms with Crippen LogP contribution in [0.15, 0.2) is 82.6 Å². The van der Waals surface area contributed by atoms with E-state index in [1.54, 1.807) is 12.3 Å². The molecule has 164 valence electrons. The van der Waals surface area contributed by atoms with Crippen LogP contribution < -0.4 is 5.32 Å². The van der Waals surface area contributed by atoms with Crippen LogP contribution >= 0.6 is 11.8 Å². The van der Waals surface area contributed by atoms with E-state index in [4.69, 9.17) is 4.42 Å². The minimum Gasteiger partial charge on any atom is -0.461 e. The predicted molar refractivity (Wildman–Crippen MR) is 123 cm³/mol. The zero-order valence-electron chi connectivity index (χ0n) is 17.7. The van der Waals surface area contributed by atoms with Crippen molar-refractivity contribution in [3.8, 4) is 11.6 Å². The van der Waals surface area contributed by atoms with Gasteiger partial charge >= 0.3 is 0 Å². The van der Waals surface area contributed by atoms with E-state index < -0.39 is 5.25 Å². The molecule has 2 aromatic carbocycles. The number of anilines is 1. The summed E-state index contributed by atoms with van der Waals surface area (Å²) < 4.78 is 20.8. The molecule has 0 saturated heterocycles. The van der Waals surface area contributed by atoms with Crippen LogP contribution in [0.4, 0.5) is 10.1 Å². The van der Waals surface area contributed by atoms with Gasteiger partial charge in [-0.15, -0.1) is 10.2 Å². The number of carbonyl (C=O) groups excluding carboxylic acids is 1. The standard InChI is InChI=1S/C24H23FN4O2S/c1-16(2)15-29-22(20-9-6-14-31-20)27-28-24(29)32-21(17-7-4-3-5-8-17)23(30)26-19-12-10-18(25)11-13-19/h3-14,16,21H,15H2,1-2H3,(H,26,30). The number of hydrogen-bond acceptors (Lipinski definition) is 5. The van der Waals surface area contributed by atoms with E-state index in [1.165, 1.54) is 36.0 Å². The summed E-state index contributed by atoms with van der Waals surface area (Å²) in [6.45, 7) is 4.89. The van der Waals surface area contributed by atoms with E-state index in [-0.39, 0.29) is 11.7 Å². The molecule has 8 heteroatoms. The Labute approximate surface area is 189 Å². The van der Waals surface area contributed by atoms with Crippen molar-refractivity contribution in [3.63, 3.8) is 0 Å². The minimum atomic E-state index is -0.583. The number of benzene rings is 2. The molecule has 1 atom stereocenters. The summed E-state index contributed by atoms with van der Waals surface area (Å²) in [6, 6.07) is 18.8. The Balaban J connectivity index is 1.67. The van der Waals surface area contributed by atoms with E-state index in [0.29, 0.717) is 34.9 Å². The number of nitrogens with zero attached hydrogens (tertiary/aromatic N) is 3. The quantitative estimate of drug-likeness (QED) is 0.343. The Morgan fingerprint density at radius 1 is 1.06 bits per heavy atom. The van der Waals surface area contributed by atoms with E-state index in [2.05, 4.69) is 29.4 Å². The molecule has 2 aromatic heterocycles. The lowest BCUT2D eigenvalue weighted by atomic mass is 10.1. The molecule has 1 unspecified atom stereocenters. The number of thioether (sulfide) groups is 1. The molecule has 2 heterocycles. The number of amides is 1. The Morgan fingerprint density at radius 3 is 2.47 bits per heavy atom. The highest BCUT2D eigenvalue weighted by Crippen LogP contribution is 2.37. The molecule has 0 fully saturated rings. The molecule has 1 amide bonds. The molecule has 6 nitrogen and oxygen atoms in total. The third-order valence-electron chi connectivity index (χ3n) is 4.68. The number of furan rings is 1. The minimum absolute atomic E-state index is 0.230. The van der Waals surface area contributed by atoms with Gasteiger partial charge in [0.2, 0.25) is 5.91 Å². The van der Waals surface area contributed by atoms with E-state index in [9.17, 15) is 9.18 Å². The number of nitrogens with one attached hydrogen (secondary N) is 1. The Hall–Kier alpha value is -3.39. The first-order valence-electron chi connectivity index (χ1n) is 10.3. The van der Waals surface area contributed by atoms with Crippen LogP contribution in [-0.4, -0.2) is 20.7 Å². The number of rotatable bonds is 8. The molecule has 0 radical (unpaired) electrons. The SMILES string of the molecule is CC(C)Cn1c(SC(C(=O)Nc2ccc(F)cc2)c2ccccc2)nnc1-c1ccco1. The number of halogens is 1. The lowest BCUT2D eigenvalue weighted by molar-refractivity contribution is -0.115. The van der Waals surface area contributed by atoms with Gasteiger partial charge in [0.05, 0.1) is 6.26 Å². The van der Waals surface area contributed by atoms with E-state index in [1.807, 2.05) is 41.0 Å². The molecular weight excluding hydrogens is 427 g/mol. The summed E-state index contributed by atoms with van der Waals surface area (Å²) in [4.78, 5) is 13.3. The molecule has 32 heavy (non-hydrogen) atoms. The largest absolute Gasteiger partial charge is 0.461 e. The van der Waals surface area contributed by atoms with Crippen molar-refractivity contribution in [1.29, 1.82) is 0 Å². The Bertz CT molecular complexity index is 1160. The van der Waals surface area contributed by atoms with Gasteiger partial charge in [-0.3, -0.25) is 9.36 Å². The average Bonchev–Trinajstić information content (AvgIpc) is 3.44. The van der Waals surface area contributed by atoms with Crippen LogP contribution in [0.25, 0.3) is 11.6 Å². The van der Waals surface area contributed by atoms with Gasteiger partial charge in [0.15, 0.2) is 16.7 Å². The molecular formula is C24H23FN4O2S. The fraction of sp³-hybridized carbons (Fsp3) is 0.208. The second kappa shape index (κ2) is 9.82. The van der Waals surface area contributed by atoms with Crippen LogP contribution in [0.2, 0.25) is 0 Å². The van der Waals surface area contributed by atoms with Crippen LogP contribution in [0.3, 0.4) is 0 Å². The summed E-state index contributed by atoms with van der Waals surface area (Å²) in [5.41, 5.74) is 1.36. The zero-order valence-corrected chi connectivity index (χ0v) is 18.6. The van der Waals surface area contributed by atoms with Crippen molar-refractivity contribution in [2.45, 2.75) is 30.8 Å². The number of hydrogen-bond donors (Lipinski definition) is 1. The maximum atomic E-state index is 13.3. The van der Waals surface area contributed by atoms with Crippen molar-refractivity contribution in [1.82, 2.24) is 14.8 Å². The van der Waals surface area contributed by atoms with Gasteiger partial charge in [-0.05, 0) is 47.9 Å². The molecule has 0 aliphatic carbocycles. The summed E-state index contributed by atoms with van der Waals surface area (Å²) in [5, 5.41) is 11.6. The Kier molecular flexibility index (Phi) is 6.70. The first-order valence-corrected chi connectivity index (χ1v) is 11.1. The van der Waals surface area contributed by atoms with Crippen LogP contribution in [0.1, 0.15) is 24.7 Å². The summed E-state index contributed by atoms with van der Waals surface area (Å²) in [6.07, 6.45) is 1.60. The van der Waals surface area contributed by atoms with Gasteiger partial charge in [-0.2, -0.15) is 0 Å². The normalized spacial score (nSPS) is 12.1. The van der Waals surface area contributed by atoms with Crippen molar-refractivity contribution in [2.75, 3.05) is 5.32 Å². The monoisotopic (exact) mass is 450 g/mol. The number of carbonyl (C=O) groups is 1. The first kappa shape index (κ1) is 21.8. The fourth-order valence-electron chi connectivity index (χ4n) is 3.24. The highest BCUT2D eigenvalue weighted by molar-refractivity contribution is 8.00. The van der Waals surface area contributed by atoms with Crippen molar-refractivity contribution < 1.29 is 13.6 Å². The molecule has 0 spiro atoms. The predicted octanol–water partition coefficient (Wildman–Crippen LogP) is 5.81. The summed E-state index contributed by atoms with van der Waals surface area (Å²) in [5.74, 6) is 0.993. The van der Waals surface area contributed by atoms with Crippen LogP contribution in [0, 0.1) is 11.7 Å². The highest BCUT2D eigenvalue weighted by atomic mass is 32.2. The van der Waals surface area contributed by atoms with Gasteiger partial charge in [-0.25, -0.2) is 4.39 Å². The van der Waals surface area contributed by atoms with Gasteiger partial charge in [0.1, 0.15) is 11.1 Å².